The summed E-state index contributed by atoms with van der Waals surface area (Å²) in [5, 5.41) is 11.6. The lowest BCUT2D eigenvalue weighted by molar-refractivity contribution is -0.383. The van der Waals surface area contributed by atoms with Crippen molar-refractivity contribution >= 4 is 27.8 Å². The Morgan fingerprint density at radius 3 is 2.55 bits per heavy atom. The number of anilines is 1. The molecule has 1 aromatic carbocycles. The van der Waals surface area contributed by atoms with E-state index in [1.165, 1.54) is 13.0 Å². The average molecular weight is 290 g/mol. The lowest BCUT2D eigenvalue weighted by Gasteiger charge is -2.16. The fourth-order valence-corrected chi connectivity index (χ4v) is 2.86. The van der Waals surface area contributed by atoms with Crippen LogP contribution in [0.4, 0.5) is 10.7 Å². The Bertz CT molecular complexity index is 637. The molecule has 20 heavy (non-hydrogen) atoms. The van der Waals surface area contributed by atoms with Gasteiger partial charge < -0.3 is 4.90 Å². The number of nitrogens with zero attached hydrogens (tertiary/aromatic N) is 2. The van der Waals surface area contributed by atoms with Crippen LogP contribution in [0.3, 0.4) is 0 Å². The highest BCUT2D eigenvalue weighted by molar-refractivity contribution is 7.18. The molecule has 0 aliphatic heterocycles. The van der Waals surface area contributed by atoms with Gasteiger partial charge in [0.05, 0.1) is 9.80 Å². The summed E-state index contributed by atoms with van der Waals surface area (Å²) in [6.07, 6.45) is 0. The number of hydrogen-bond acceptors (Lipinski definition) is 5. The number of benzene rings is 1. The third-order valence-electron chi connectivity index (χ3n) is 2.85. The summed E-state index contributed by atoms with van der Waals surface area (Å²) in [5.41, 5.74) is 1.04. The van der Waals surface area contributed by atoms with Gasteiger partial charge in [-0.05, 0) is 12.5 Å². The summed E-state index contributed by atoms with van der Waals surface area (Å²) < 4.78 is 0. The molecule has 0 radical (unpaired) electrons. The van der Waals surface area contributed by atoms with Crippen LogP contribution in [-0.2, 0) is 6.54 Å². The van der Waals surface area contributed by atoms with Gasteiger partial charge in [0.2, 0.25) is 0 Å². The number of thiophene rings is 1. The fourth-order valence-electron chi connectivity index (χ4n) is 1.88. The number of hydrogen-bond donors (Lipinski definition) is 0. The van der Waals surface area contributed by atoms with Crippen molar-refractivity contribution in [3.63, 3.8) is 0 Å². The van der Waals surface area contributed by atoms with Crippen LogP contribution in [0.15, 0.2) is 36.4 Å². The summed E-state index contributed by atoms with van der Waals surface area (Å²) in [4.78, 5) is 24.2. The van der Waals surface area contributed by atoms with E-state index in [2.05, 4.69) is 0 Å². The summed E-state index contributed by atoms with van der Waals surface area (Å²) in [6, 6.07) is 11.0. The van der Waals surface area contributed by atoms with E-state index in [0.717, 1.165) is 16.9 Å². The van der Waals surface area contributed by atoms with Crippen LogP contribution in [0, 0.1) is 10.1 Å². The molecule has 0 bridgehead atoms. The molecule has 0 atom stereocenters. The van der Waals surface area contributed by atoms with Gasteiger partial charge in [0.15, 0.2) is 10.8 Å². The number of carbonyl (C=O) groups excluding carboxylic acids is 1. The van der Waals surface area contributed by atoms with Crippen molar-refractivity contribution < 1.29 is 9.72 Å². The predicted octanol–water partition coefficient (Wildman–Crippen LogP) is 3.50. The van der Waals surface area contributed by atoms with E-state index in [1.54, 1.807) is 11.9 Å². The Hall–Kier alpha value is -2.21. The van der Waals surface area contributed by atoms with Crippen LogP contribution in [0.1, 0.15) is 22.2 Å². The largest absolute Gasteiger partial charge is 0.357 e. The van der Waals surface area contributed by atoms with Crippen molar-refractivity contribution in [3.05, 3.63) is 57.0 Å². The van der Waals surface area contributed by atoms with Crippen LogP contribution in [0.25, 0.3) is 0 Å². The molecule has 1 aromatic heterocycles. The zero-order chi connectivity index (χ0) is 14.7. The van der Waals surface area contributed by atoms with Gasteiger partial charge in [-0.2, -0.15) is 0 Å². The van der Waals surface area contributed by atoms with Crippen molar-refractivity contribution in [2.24, 2.45) is 0 Å². The van der Waals surface area contributed by atoms with Gasteiger partial charge in [-0.3, -0.25) is 14.9 Å². The molecule has 0 N–H and O–H groups in total. The van der Waals surface area contributed by atoms with Crippen LogP contribution in [0.2, 0.25) is 0 Å². The Balaban J connectivity index is 2.31. The highest BCUT2D eigenvalue weighted by atomic mass is 32.1. The smallest absolute Gasteiger partial charge is 0.304 e. The van der Waals surface area contributed by atoms with Crippen molar-refractivity contribution in [3.8, 4) is 0 Å². The number of carbonyl (C=O) groups is 1. The van der Waals surface area contributed by atoms with E-state index in [-0.39, 0.29) is 11.5 Å². The zero-order valence-corrected chi connectivity index (χ0v) is 12.0. The molecule has 0 saturated heterocycles. The van der Waals surface area contributed by atoms with E-state index in [0.29, 0.717) is 16.4 Å². The maximum absolute atomic E-state index is 11.4. The minimum atomic E-state index is -0.445. The fraction of sp³-hybridized carbons (Fsp3) is 0.214. The van der Waals surface area contributed by atoms with Gasteiger partial charge in [-0.15, -0.1) is 11.3 Å². The lowest BCUT2D eigenvalue weighted by atomic mass is 10.2. The highest BCUT2D eigenvalue weighted by Crippen LogP contribution is 2.37. The number of ketones is 1. The second kappa shape index (κ2) is 5.83. The Morgan fingerprint density at radius 2 is 2.00 bits per heavy atom. The van der Waals surface area contributed by atoms with Crippen molar-refractivity contribution in [1.29, 1.82) is 0 Å². The zero-order valence-electron chi connectivity index (χ0n) is 11.2. The maximum atomic E-state index is 11.4. The molecule has 0 saturated carbocycles. The lowest BCUT2D eigenvalue weighted by Crippen LogP contribution is -2.16. The summed E-state index contributed by atoms with van der Waals surface area (Å²) in [6.45, 7) is 1.97. The van der Waals surface area contributed by atoms with Crippen LogP contribution >= 0.6 is 11.3 Å². The van der Waals surface area contributed by atoms with E-state index in [1.807, 2.05) is 30.3 Å². The summed E-state index contributed by atoms with van der Waals surface area (Å²) in [7, 11) is 1.79. The summed E-state index contributed by atoms with van der Waals surface area (Å²) in [5.74, 6) is -0.155. The van der Waals surface area contributed by atoms with Gasteiger partial charge in [-0.1, -0.05) is 30.3 Å². The Morgan fingerprint density at radius 1 is 1.35 bits per heavy atom. The molecule has 0 amide bonds. The first kappa shape index (κ1) is 14.2. The van der Waals surface area contributed by atoms with E-state index in [9.17, 15) is 14.9 Å². The first-order valence-electron chi connectivity index (χ1n) is 6.03. The molecule has 104 valence electrons. The normalized spacial score (nSPS) is 10.3. The molecule has 2 rings (SSSR count). The second-order valence-corrected chi connectivity index (χ2v) is 5.49. The molecule has 0 spiro atoms. The van der Waals surface area contributed by atoms with Gasteiger partial charge in [0.25, 0.3) is 0 Å². The van der Waals surface area contributed by atoms with E-state index < -0.39 is 4.92 Å². The molecule has 1 heterocycles. The topological polar surface area (TPSA) is 63.4 Å². The molecule has 6 heteroatoms. The van der Waals surface area contributed by atoms with E-state index in [4.69, 9.17) is 0 Å². The molecule has 0 aliphatic rings. The first-order valence-corrected chi connectivity index (χ1v) is 6.85. The van der Waals surface area contributed by atoms with Gasteiger partial charge in [-0.25, -0.2) is 0 Å². The maximum Gasteiger partial charge on any atom is 0.304 e. The quantitative estimate of drug-likeness (QED) is 0.480. The SMILES string of the molecule is CC(=O)c1cc([N+](=O)[O-])c(N(C)Cc2ccccc2)s1. The van der Waals surface area contributed by atoms with Gasteiger partial charge in [0.1, 0.15) is 0 Å². The predicted molar refractivity (Wildman–Crippen MR) is 79.5 cm³/mol. The molecule has 5 nitrogen and oxygen atoms in total. The Labute approximate surface area is 120 Å². The number of rotatable bonds is 5. The Kier molecular flexibility index (Phi) is 4.14. The van der Waals surface area contributed by atoms with Gasteiger partial charge >= 0.3 is 5.69 Å². The van der Waals surface area contributed by atoms with Crippen molar-refractivity contribution in [2.75, 3.05) is 11.9 Å². The monoisotopic (exact) mass is 290 g/mol. The molecule has 0 fully saturated rings. The molecular weight excluding hydrogens is 276 g/mol. The average Bonchev–Trinajstić information content (AvgIpc) is 2.85. The molecule has 0 unspecified atom stereocenters. The van der Waals surface area contributed by atoms with Crippen molar-refractivity contribution in [2.45, 2.75) is 13.5 Å². The number of nitro groups is 1. The summed E-state index contributed by atoms with van der Waals surface area (Å²) >= 11 is 1.16. The molecule has 0 aliphatic carbocycles. The van der Waals surface area contributed by atoms with Crippen LogP contribution in [-0.4, -0.2) is 17.8 Å². The standard InChI is InChI=1S/C14H14N2O3S/c1-10(17)13-8-12(16(18)19)14(20-13)15(2)9-11-6-4-3-5-7-11/h3-8H,9H2,1-2H3. The van der Waals surface area contributed by atoms with Crippen LogP contribution < -0.4 is 4.90 Å². The third-order valence-corrected chi connectivity index (χ3v) is 4.19. The number of Topliss-reactive ketones (excluding diaryl/α,β-unsaturated/α-hetero) is 1. The van der Waals surface area contributed by atoms with E-state index >= 15 is 0 Å². The first-order chi connectivity index (χ1) is 9.49. The second-order valence-electron chi connectivity index (χ2n) is 4.46. The minimum Gasteiger partial charge on any atom is -0.357 e. The van der Waals surface area contributed by atoms with Crippen LogP contribution in [0.5, 0.6) is 0 Å². The molecular formula is C14H14N2O3S. The van der Waals surface area contributed by atoms with Gasteiger partial charge in [0, 0.05) is 19.7 Å². The highest BCUT2D eigenvalue weighted by Gasteiger charge is 2.23. The van der Waals surface area contributed by atoms with Crippen molar-refractivity contribution in [1.82, 2.24) is 0 Å². The minimum absolute atomic E-state index is 0.0152. The third kappa shape index (κ3) is 3.03. The molecule has 2 aromatic rings.